The van der Waals surface area contributed by atoms with E-state index in [0.29, 0.717) is 39.5 Å². The molecule has 2 aromatic carbocycles. The van der Waals surface area contributed by atoms with E-state index in [2.05, 4.69) is 21.2 Å². The number of aromatic nitrogens is 2. The Labute approximate surface area is 225 Å². The van der Waals surface area contributed by atoms with Gasteiger partial charge >= 0.3 is 0 Å². The van der Waals surface area contributed by atoms with Gasteiger partial charge in [0, 0.05) is 28.8 Å². The largest absolute Gasteiger partial charge is 0.467 e. The van der Waals surface area contributed by atoms with Crippen LogP contribution in [0.2, 0.25) is 0 Å². The zero-order chi connectivity index (χ0) is 25.8. The highest BCUT2D eigenvalue weighted by atomic mass is 79.9. The molecule has 1 atom stereocenters. The van der Waals surface area contributed by atoms with Crippen molar-refractivity contribution < 1.29 is 18.7 Å². The molecule has 1 N–H and O–H groups in total. The number of nitrogens with one attached hydrogen (secondary N) is 1. The van der Waals surface area contributed by atoms with E-state index in [4.69, 9.17) is 14.1 Å². The van der Waals surface area contributed by atoms with E-state index in [0.717, 1.165) is 23.9 Å². The minimum Gasteiger partial charge on any atom is -0.467 e. The lowest BCUT2D eigenvalue weighted by Gasteiger charge is -2.13. The highest BCUT2D eigenvalue weighted by molar-refractivity contribution is 9.10. The van der Waals surface area contributed by atoms with Gasteiger partial charge in [-0.25, -0.2) is 4.98 Å². The molecule has 0 saturated carbocycles. The third kappa shape index (κ3) is 6.03. The Morgan fingerprint density at radius 2 is 1.95 bits per heavy atom. The normalized spacial score (nSPS) is 15.2. The van der Waals surface area contributed by atoms with Gasteiger partial charge < -0.3 is 14.5 Å². The lowest BCUT2D eigenvalue weighted by molar-refractivity contribution is 0.0857. The smallest absolute Gasteiger partial charge is 0.262 e. The van der Waals surface area contributed by atoms with Crippen LogP contribution in [0.5, 0.6) is 0 Å². The van der Waals surface area contributed by atoms with Crippen molar-refractivity contribution in [1.29, 1.82) is 0 Å². The number of halogens is 1. The van der Waals surface area contributed by atoms with Gasteiger partial charge in [-0.3, -0.25) is 19.0 Å². The monoisotopic (exact) mass is 581 g/mol. The number of nitrogens with zero attached hydrogens (tertiary/aromatic N) is 2. The topological polar surface area (TPSA) is 103 Å². The minimum atomic E-state index is -0.272. The molecule has 4 aromatic rings. The molecule has 0 spiro atoms. The Bertz CT molecular complexity index is 1480. The number of Topliss-reactive ketones (excluding diaryl/α,β-unsaturated/α-hetero) is 1. The van der Waals surface area contributed by atoms with Gasteiger partial charge in [0.25, 0.3) is 11.5 Å². The van der Waals surface area contributed by atoms with Gasteiger partial charge in [-0.1, -0.05) is 39.8 Å². The molecule has 8 nitrogen and oxygen atoms in total. The molecular formula is C27H24BrN3O5S. The number of fused-ring (bicyclic) bond motifs is 1. The molecule has 1 amide bonds. The van der Waals surface area contributed by atoms with Crippen molar-refractivity contribution >= 4 is 50.3 Å². The van der Waals surface area contributed by atoms with Crippen LogP contribution in [0.3, 0.4) is 0 Å². The van der Waals surface area contributed by atoms with E-state index in [1.165, 1.54) is 16.3 Å². The number of carbonyl (C=O) groups is 2. The van der Waals surface area contributed by atoms with Crippen molar-refractivity contribution in [2.45, 2.75) is 30.6 Å². The van der Waals surface area contributed by atoms with Gasteiger partial charge in [-0.15, -0.1) is 0 Å². The van der Waals surface area contributed by atoms with E-state index < -0.39 is 0 Å². The van der Waals surface area contributed by atoms with Crippen LogP contribution in [0, 0.1) is 0 Å². The van der Waals surface area contributed by atoms with E-state index in [9.17, 15) is 14.4 Å². The number of ketones is 1. The molecular weight excluding hydrogens is 558 g/mol. The summed E-state index contributed by atoms with van der Waals surface area (Å²) >= 11 is 4.55. The average Bonchev–Trinajstić information content (AvgIpc) is 3.62. The Hall–Kier alpha value is -3.21. The van der Waals surface area contributed by atoms with Crippen molar-refractivity contribution in [1.82, 2.24) is 14.9 Å². The van der Waals surface area contributed by atoms with Crippen molar-refractivity contribution in [3.05, 3.63) is 92.6 Å². The first-order valence-corrected chi connectivity index (χ1v) is 13.6. The summed E-state index contributed by atoms with van der Waals surface area (Å²) in [5.41, 5.74) is 1.10. The molecule has 1 aliphatic rings. The fourth-order valence-electron chi connectivity index (χ4n) is 4.11. The van der Waals surface area contributed by atoms with Crippen molar-refractivity contribution in [2.75, 3.05) is 18.9 Å². The SMILES string of the molecule is O=C(CSc1nc2cc(C(=O)NC[C@H]3CCCO3)ccc2c(=O)n1Cc1ccco1)c1ccc(Br)cc1. The van der Waals surface area contributed by atoms with Crippen LogP contribution in [0.1, 0.15) is 39.3 Å². The highest BCUT2D eigenvalue weighted by Gasteiger charge is 2.19. The second-order valence-corrected chi connectivity index (χ2v) is 10.5. The maximum Gasteiger partial charge on any atom is 0.262 e. The number of hydrogen-bond donors (Lipinski definition) is 1. The molecule has 10 heteroatoms. The summed E-state index contributed by atoms with van der Waals surface area (Å²) in [6.07, 6.45) is 3.49. The van der Waals surface area contributed by atoms with E-state index in [-0.39, 0.29) is 35.7 Å². The fourth-order valence-corrected chi connectivity index (χ4v) is 5.27. The summed E-state index contributed by atoms with van der Waals surface area (Å²) in [5.74, 6) is 0.353. The number of furan rings is 1. The molecule has 190 valence electrons. The molecule has 0 unspecified atom stereocenters. The Morgan fingerprint density at radius 1 is 1.14 bits per heavy atom. The quantitative estimate of drug-likeness (QED) is 0.174. The number of amides is 1. The Kier molecular flexibility index (Phi) is 7.87. The molecule has 1 aliphatic heterocycles. The molecule has 0 aliphatic carbocycles. The van der Waals surface area contributed by atoms with Gasteiger partial charge in [-0.2, -0.15) is 0 Å². The number of rotatable bonds is 9. The third-order valence-electron chi connectivity index (χ3n) is 6.09. The molecule has 0 radical (unpaired) electrons. The number of benzene rings is 2. The number of ether oxygens (including phenoxy) is 1. The first kappa shape index (κ1) is 25.4. The third-order valence-corrected chi connectivity index (χ3v) is 7.59. The second-order valence-electron chi connectivity index (χ2n) is 8.66. The van der Waals surface area contributed by atoms with E-state index in [1.807, 2.05) is 12.1 Å². The van der Waals surface area contributed by atoms with Crippen LogP contribution in [0.15, 0.2) is 79.7 Å². The molecule has 5 rings (SSSR count). The predicted octanol–water partition coefficient (Wildman–Crippen LogP) is 4.68. The first-order valence-electron chi connectivity index (χ1n) is 11.9. The fraction of sp³-hybridized carbons (Fsp3) is 0.259. The second kappa shape index (κ2) is 11.5. The highest BCUT2D eigenvalue weighted by Crippen LogP contribution is 2.22. The standard InChI is InChI=1S/C27H24BrN3O5S/c28-19-8-5-17(6-9-19)24(32)16-37-27-30-23-13-18(25(33)29-14-20-3-1-11-35-20)7-10-22(23)26(34)31(27)15-21-4-2-12-36-21/h2,4-10,12-13,20H,1,3,11,14-16H2,(H,29,33)/t20-/m1/s1. The molecule has 37 heavy (non-hydrogen) atoms. The summed E-state index contributed by atoms with van der Waals surface area (Å²) in [6, 6.07) is 15.5. The Balaban J connectivity index is 1.43. The van der Waals surface area contributed by atoms with Crippen LogP contribution < -0.4 is 10.9 Å². The van der Waals surface area contributed by atoms with Gasteiger partial charge in [0.15, 0.2) is 10.9 Å². The van der Waals surface area contributed by atoms with Crippen LogP contribution in [-0.2, 0) is 11.3 Å². The predicted molar refractivity (Wildman–Crippen MR) is 144 cm³/mol. The number of thioether (sulfide) groups is 1. The van der Waals surface area contributed by atoms with Gasteiger partial charge in [0.1, 0.15) is 5.76 Å². The average molecular weight is 582 g/mol. The maximum absolute atomic E-state index is 13.5. The summed E-state index contributed by atoms with van der Waals surface area (Å²) in [4.78, 5) is 43.7. The van der Waals surface area contributed by atoms with Crippen LogP contribution in [0.25, 0.3) is 10.9 Å². The van der Waals surface area contributed by atoms with Crippen LogP contribution >= 0.6 is 27.7 Å². The molecule has 0 bridgehead atoms. The molecule has 1 saturated heterocycles. The van der Waals surface area contributed by atoms with Crippen LogP contribution in [0.4, 0.5) is 0 Å². The van der Waals surface area contributed by atoms with Crippen molar-refractivity contribution in [3.63, 3.8) is 0 Å². The van der Waals surface area contributed by atoms with E-state index >= 15 is 0 Å². The zero-order valence-electron chi connectivity index (χ0n) is 19.8. The number of hydrogen-bond acceptors (Lipinski definition) is 7. The zero-order valence-corrected chi connectivity index (χ0v) is 22.2. The van der Waals surface area contributed by atoms with Crippen LogP contribution in [-0.4, -0.2) is 46.2 Å². The maximum atomic E-state index is 13.5. The van der Waals surface area contributed by atoms with Crippen molar-refractivity contribution in [3.8, 4) is 0 Å². The Morgan fingerprint density at radius 3 is 2.68 bits per heavy atom. The summed E-state index contributed by atoms with van der Waals surface area (Å²) in [7, 11) is 0. The molecule has 1 fully saturated rings. The molecule has 3 heterocycles. The van der Waals surface area contributed by atoms with E-state index in [1.54, 1.807) is 48.7 Å². The summed E-state index contributed by atoms with van der Waals surface area (Å²) < 4.78 is 13.4. The summed E-state index contributed by atoms with van der Waals surface area (Å²) in [5, 5.41) is 3.65. The van der Waals surface area contributed by atoms with Crippen molar-refractivity contribution in [2.24, 2.45) is 0 Å². The van der Waals surface area contributed by atoms with Gasteiger partial charge in [0.05, 0.1) is 35.6 Å². The lowest BCUT2D eigenvalue weighted by Crippen LogP contribution is -2.31. The summed E-state index contributed by atoms with van der Waals surface area (Å²) in [6.45, 7) is 1.33. The first-order chi connectivity index (χ1) is 18.0. The minimum absolute atomic E-state index is 0.0302. The van der Waals surface area contributed by atoms with Gasteiger partial charge in [-0.05, 0) is 55.3 Å². The lowest BCUT2D eigenvalue weighted by atomic mass is 10.1. The van der Waals surface area contributed by atoms with Gasteiger partial charge in [0.2, 0.25) is 0 Å². The number of carbonyl (C=O) groups excluding carboxylic acids is 2. The molecule has 2 aromatic heterocycles.